The number of aromatic amines is 1. The second-order valence-corrected chi connectivity index (χ2v) is 6.05. The van der Waals surface area contributed by atoms with E-state index in [1.165, 1.54) is 0 Å². The number of H-pyrrole nitrogens is 1. The summed E-state index contributed by atoms with van der Waals surface area (Å²) in [4.78, 5) is 27.8. The molecule has 1 amide bonds. The van der Waals surface area contributed by atoms with Gasteiger partial charge in [0.1, 0.15) is 5.60 Å². The molecule has 2 rings (SSSR count). The molecule has 110 valence electrons. The number of amides is 1. The first-order valence-corrected chi connectivity index (χ1v) is 6.75. The highest BCUT2D eigenvalue weighted by Gasteiger charge is 2.33. The lowest BCUT2D eigenvalue weighted by Crippen LogP contribution is -2.36. The van der Waals surface area contributed by atoms with Gasteiger partial charge in [0.2, 0.25) is 0 Å². The van der Waals surface area contributed by atoms with Gasteiger partial charge in [-0.15, -0.1) is 0 Å². The summed E-state index contributed by atoms with van der Waals surface area (Å²) in [6.45, 7) is 6.18. The van der Waals surface area contributed by atoms with Gasteiger partial charge < -0.3 is 20.4 Å². The van der Waals surface area contributed by atoms with Crippen molar-refractivity contribution in [2.75, 3.05) is 12.3 Å². The molecule has 1 saturated heterocycles. The van der Waals surface area contributed by atoms with Gasteiger partial charge in [-0.05, 0) is 45.2 Å². The minimum absolute atomic E-state index is 0.0935. The van der Waals surface area contributed by atoms with Crippen LogP contribution in [0.3, 0.4) is 0 Å². The molecule has 1 aliphatic rings. The van der Waals surface area contributed by atoms with Gasteiger partial charge in [-0.1, -0.05) is 0 Å². The molecule has 1 aromatic heterocycles. The molecule has 0 bridgehead atoms. The smallest absolute Gasteiger partial charge is 0.410 e. The Bertz CT molecular complexity index is 560. The van der Waals surface area contributed by atoms with E-state index >= 15 is 0 Å². The highest BCUT2D eigenvalue weighted by molar-refractivity contribution is 5.69. The quantitative estimate of drug-likeness (QED) is 0.823. The van der Waals surface area contributed by atoms with E-state index in [0.717, 1.165) is 18.4 Å². The number of ether oxygens (including phenoxy) is 1. The van der Waals surface area contributed by atoms with Crippen LogP contribution in [0, 0.1) is 0 Å². The van der Waals surface area contributed by atoms with E-state index < -0.39 is 5.60 Å². The number of nitrogens with two attached hydrogens (primary N) is 1. The number of hydrogen-bond donors (Lipinski definition) is 2. The molecule has 0 spiro atoms. The maximum Gasteiger partial charge on any atom is 0.410 e. The van der Waals surface area contributed by atoms with E-state index in [9.17, 15) is 9.59 Å². The summed E-state index contributed by atoms with van der Waals surface area (Å²) < 4.78 is 5.41. The number of rotatable bonds is 1. The number of carbonyl (C=O) groups excluding carboxylic acids is 1. The first kappa shape index (κ1) is 14.4. The van der Waals surface area contributed by atoms with E-state index in [2.05, 4.69) is 4.98 Å². The lowest BCUT2D eigenvalue weighted by Gasteiger charge is -2.28. The first-order valence-electron chi connectivity index (χ1n) is 6.75. The third-order valence-electron chi connectivity index (χ3n) is 3.22. The number of likely N-dealkylation sites (tertiary alicyclic amines) is 1. The van der Waals surface area contributed by atoms with Crippen molar-refractivity contribution in [3.8, 4) is 0 Å². The van der Waals surface area contributed by atoms with Crippen LogP contribution in [0.5, 0.6) is 0 Å². The standard InChI is InChI=1S/C14H21N3O3/c1-14(2,3)20-13(19)17-6-4-5-11(17)9-7-10(15)12(18)16-8-9/h7-8,11H,4-6,15H2,1-3H3,(H,16,18). The molecule has 0 aromatic carbocycles. The summed E-state index contributed by atoms with van der Waals surface area (Å²) in [5.41, 5.74) is 5.81. The third-order valence-corrected chi connectivity index (χ3v) is 3.22. The van der Waals surface area contributed by atoms with Crippen molar-refractivity contribution < 1.29 is 9.53 Å². The summed E-state index contributed by atoms with van der Waals surface area (Å²) in [7, 11) is 0. The van der Waals surface area contributed by atoms with Crippen molar-refractivity contribution in [3.05, 3.63) is 28.2 Å². The van der Waals surface area contributed by atoms with E-state index in [1.807, 2.05) is 20.8 Å². The first-order chi connectivity index (χ1) is 9.28. The number of nitrogen functional groups attached to an aromatic ring is 1. The molecule has 2 heterocycles. The fraction of sp³-hybridized carbons (Fsp3) is 0.571. The van der Waals surface area contributed by atoms with Crippen molar-refractivity contribution in [3.63, 3.8) is 0 Å². The van der Waals surface area contributed by atoms with Crippen LogP contribution in [-0.2, 0) is 4.74 Å². The van der Waals surface area contributed by atoms with E-state index in [1.54, 1.807) is 17.2 Å². The van der Waals surface area contributed by atoms with E-state index in [4.69, 9.17) is 10.5 Å². The molecule has 1 atom stereocenters. The van der Waals surface area contributed by atoms with Crippen molar-refractivity contribution in [2.24, 2.45) is 0 Å². The minimum atomic E-state index is -0.520. The largest absolute Gasteiger partial charge is 0.444 e. The van der Waals surface area contributed by atoms with Gasteiger partial charge in [0, 0.05) is 12.7 Å². The molecule has 6 nitrogen and oxygen atoms in total. The van der Waals surface area contributed by atoms with Crippen molar-refractivity contribution in [1.82, 2.24) is 9.88 Å². The molecule has 1 aliphatic heterocycles. The molecule has 0 saturated carbocycles. The van der Waals surface area contributed by atoms with Gasteiger partial charge in [0.15, 0.2) is 0 Å². The number of anilines is 1. The van der Waals surface area contributed by atoms with Gasteiger partial charge in [-0.3, -0.25) is 4.79 Å². The second kappa shape index (κ2) is 5.19. The van der Waals surface area contributed by atoms with Crippen LogP contribution in [0.25, 0.3) is 0 Å². The van der Waals surface area contributed by atoms with Crippen LogP contribution in [0.15, 0.2) is 17.1 Å². The molecule has 1 unspecified atom stereocenters. The fourth-order valence-corrected chi connectivity index (χ4v) is 2.36. The van der Waals surface area contributed by atoms with Crippen LogP contribution < -0.4 is 11.3 Å². The Labute approximate surface area is 117 Å². The zero-order valence-corrected chi connectivity index (χ0v) is 12.1. The van der Waals surface area contributed by atoms with Gasteiger partial charge in [0.25, 0.3) is 5.56 Å². The Hall–Kier alpha value is -1.98. The molecule has 20 heavy (non-hydrogen) atoms. The summed E-state index contributed by atoms with van der Waals surface area (Å²) >= 11 is 0. The number of pyridine rings is 1. The third kappa shape index (κ3) is 3.12. The zero-order chi connectivity index (χ0) is 14.9. The number of hydrogen-bond acceptors (Lipinski definition) is 4. The van der Waals surface area contributed by atoms with Gasteiger partial charge >= 0.3 is 6.09 Å². The number of carbonyl (C=O) groups is 1. The molecule has 3 N–H and O–H groups in total. The van der Waals surface area contributed by atoms with Crippen LogP contribution >= 0.6 is 0 Å². The Morgan fingerprint density at radius 1 is 1.50 bits per heavy atom. The van der Waals surface area contributed by atoms with Gasteiger partial charge in [0.05, 0.1) is 11.7 Å². The van der Waals surface area contributed by atoms with Gasteiger partial charge in [-0.2, -0.15) is 0 Å². The Morgan fingerprint density at radius 2 is 2.20 bits per heavy atom. The number of nitrogens with one attached hydrogen (secondary N) is 1. The molecule has 0 radical (unpaired) electrons. The predicted octanol–water partition coefficient (Wildman–Crippen LogP) is 2.03. The predicted molar refractivity (Wildman–Crippen MR) is 76.4 cm³/mol. The van der Waals surface area contributed by atoms with Crippen molar-refractivity contribution >= 4 is 11.8 Å². The molecule has 6 heteroatoms. The van der Waals surface area contributed by atoms with E-state index in [-0.39, 0.29) is 23.4 Å². The second-order valence-electron chi connectivity index (χ2n) is 6.05. The van der Waals surface area contributed by atoms with Gasteiger partial charge in [-0.25, -0.2) is 4.79 Å². The molecule has 1 aromatic rings. The highest BCUT2D eigenvalue weighted by atomic mass is 16.6. The lowest BCUT2D eigenvalue weighted by atomic mass is 10.1. The maximum absolute atomic E-state index is 12.2. The topological polar surface area (TPSA) is 88.4 Å². The molecule has 0 aliphatic carbocycles. The van der Waals surface area contributed by atoms with Crippen molar-refractivity contribution in [1.29, 1.82) is 0 Å². The van der Waals surface area contributed by atoms with Crippen LogP contribution in [0.4, 0.5) is 10.5 Å². The van der Waals surface area contributed by atoms with E-state index in [0.29, 0.717) is 6.54 Å². The highest BCUT2D eigenvalue weighted by Crippen LogP contribution is 2.32. The van der Waals surface area contributed by atoms with Crippen LogP contribution in [0.2, 0.25) is 0 Å². The number of nitrogens with zero attached hydrogens (tertiary/aromatic N) is 1. The average molecular weight is 279 g/mol. The maximum atomic E-state index is 12.2. The summed E-state index contributed by atoms with van der Waals surface area (Å²) in [5.74, 6) is 0. The lowest BCUT2D eigenvalue weighted by molar-refractivity contribution is 0.0224. The van der Waals surface area contributed by atoms with Crippen molar-refractivity contribution in [2.45, 2.75) is 45.3 Å². The number of aromatic nitrogens is 1. The molecule has 1 fully saturated rings. The van der Waals surface area contributed by atoms with Crippen LogP contribution in [-0.4, -0.2) is 28.1 Å². The average Bonchev–Trinajstić information content (AvgIpc) is 2.79. The fourth-order valence-electron chi connectivity index (χ4n) is 2.36. The Kier molecular flexibility index (Phi) is 3.74. The minimum Gasteiger partial charge on any atom is -0.444 e. The summed E-state index contributed by atoms with van der Waals surface area (Å²) in [6, 6.07) is 1.54. The SMILES string of the molecule is CC(C)(C)OC(=O)N1CCCC1c1c[nH]c(=O)c(N)c1. The Morgan fingerprint density at radius 3 is 2.80 bits per heavy atom. The monoisotopic (exact) mass is 279 g/mol. The summed E-state index contributed by atoms with van der Waals surface area (Å²) in [6.07, 6.45) is 3.03. The molecular formula is C14H21N3O3. The Balaban J connectivity index is 2.20. The van der Waals surface area contributed by atoms with Crippen LogP contribution in [0.1, 0.15) is 45.2 Å². The summed E-state index contributed by atoms with van der Waals surface area (Å²) in [5, 5.41) is 0. The normalized spacial score (nSPS) is 19.1. The zero-order valence-electron chi connectivity index (χ0n) is 12.1. The molecular weight excluding hydrogens is 258 g/mol.